The molecule has 134 valence electrons. The van der Waals surface area contributed by atoms with Gasteiger partial charge < -0.3 is 5.32 Å². The topological polar surface area (TPSA) is 77.6 Å². The molecule has 0 aliphatic rings. The lowest BCUT2D eigenvalue weighted by atomic mass is 10.3. The first-order valence-electron chi connectivity index (χ1n) is 8.22. The molecule has 0 spiro atoms. The molecule has 0 saturated carbocycles. The predicted octanol–water partition coefficient (Wildman–Crippen LogP) is 3.78. The van der Waals surface area contributed by atoms with Gasteiger partial charge in [0.15, 0.2) is 11.5 Å². The summed E-state index contributed by atoms with van der Waals surface area (Å²) in [7, 11) is 0. The molecular formula is C19H15BrN6O. The van der Waals surface area contributed by atoms with Gasteiger partial charge in [-0.1, -0.05) is 45.4 Å². The molecule has 1 amide bonds. The Morgan fingerprint density at radius 3 is 2.59 bits per heavy atom. The molecule has 0 saturated heterocycles. The first kappa shape index (κ1) is 17.2. The molecule has 0 unspecified atom stereocenters. The molecule has 2 heterocycles. The number of carbonyl (C=O) groups is 1. The highest BCUT2D eigenvalue weighted by Gasteiger charge is 2.18. The van der Waals surface area contributed by atoms with E-state index in [2.05, 4.69) is 36.7 Å². The molecule has 8 heteroatoms. The fourth-order valence-electron chi connectivity index (χ4n) is 2.68. The van der Waals surface area contributed by atoms with Gasteiger partial charge in [0.2, 0.25) is 0 Å². The second-order valence-corrected chi connectivity index (χ2v) is 6.77. The van der Waals surface area contributed by atoms with E-state index in [0.717, 1.165) is 15.8 Å². The largest absolute Gasteiger partial charge is 0.304 e. The Bertz CT molecular complexity index is 1100. The number of benzene rings is 2. The minimum atomic E-state index is -0.355. The van der Waals surface area contributed by atoms with Crippen LogP contribution in [-0.2, 0) is 0 Å². The monoisotopic (exact) mass is 422 g/mol. The van der Waals surface area contributed by atoms with Gasteiger partial charge in [-0.25, -0.2) is 9.36 Å². The molecule has 1 N–H and O–H groups in total. The summed E-state index contributed by atoms with van der Waals surface area (Å²) in [6, 6.07) is 19.0. The lowest BCUT2D eigenvalue weighted by Crippen LogP contribution is -2.15. The van der Waals surface area contributed by atoms with Crippen molar-refractivity contribution in [3.05, 3.63) is 82.7 Å². The zero-order valence-electron chi connectivity index (χ0n) is 14.4. The highest BCUT2D eigenvalue weighted by Crippen LogP contribution is 2.18. The third-order valence-corrected chi connectivity index (χ3v) is 4.51. The molecule has 4 rings (SSSR count). The third kappa shape index (κ3) is 3.52. The van der Waals surface area contributed by atoms with Gasteiger partial charge in [-0.2, -0.15) is 5.10 Å². The molecule has 0 radical (unpaired) electrons. The quantitative estimate of drug-likeness (QED) is 0.542. The average molecular weight is 423 g/mol. The van der Waals surface area contributed by atoms with Gasteiger partial charge in [-0.05, 0) is 37.3 Å². The number of para-hydroxylation sites is 1. The van der Waals surface area contributed by atoms with E-state index in [9.17, 15) is 4.79 Å². The van der Waals surface area contributed by atoms with Crippen molar-refractivity contribution in [2.75, 3.05) is 5.32 Å². The van der Waals surface area contributed by atoms with Gasteiger partial charge in [0.25, 0.3) is 5.91 Å². The Labute approximate surface area is 163 Å². The molecule has 0 atom stereocenters. The smallest absolute Gasteiger partial charge is 0.279 e. The molecule has 27 heavy (non-hydrogen) atoms. The first-order valence-corrected chi connectivity index (χ1v) is 9.02. The second kappa shape index (κ2) is 7.16. The number of hydrogen-bond acceptors (Lipinski definition) is 4. The number of amides is 1. The van der Waals surface area contributed by atoms with Crippen molar-refractivity contribution in [2.24, 2.45) is 0 Å². The molecule has 4 aromatic rings. The van der Waals surface area contributed by atoms with Crippen molar-refractivity contribution in [1.82, 2.24) is 24.8 Å². The van der Waals surface area contributed by atoms with Crippen molar-refractivity contribution < 1.29 is 4.79 Å². The highest BCUT2D eigenvalue weighted by molar-refractivity contribution is 9.10. The Hall–Kier alpha value is -3.26. The third-order valence-electron chi connectivity index (χ3n) is 4.01. The summed E-state index contributed by atoms with van der Waals surface area (Å²) in [5.74, 6) is 0.0901. The SMILES string of the molecule is Cc1c(C(=O)Nc2ccn(-c3ccccc3)n2)nnn1-c1cccc(Br)c1. The standard InChI is InChI=1S/C19H15BrN6O/c1-13-18(22-24-26(13)16-9-5-6-14(20)12-16)19(27)21-17-10-11-25(23-17)15-7-3-2-4-8-15/h2-12H,1H3,(H,21,23,27). The van der Waals surface area contributed by atoms with Gasteiger partial charge in [0.05, 0.1) is 17.1 Å². The molecule has 0 bridgehead atoms. The minimum Gasteiger partial charge on any atom is -0.304 e. The fraction of sp³-hybridized carbons (Fsp3) is 0.0526. The Balaban J connectivity index is 1.55. The highest BCUT2D eigenvalue weighted by atomic mass is 79.9. The van der Waals surface area contributed by atoms with E-state index < -0.39 is 0 Å². The van der Waals surface area contributed by atoms with E-state index in [1.54, 1.807) is 28.6 Å². The number of aromatic nitrogens is 5. The predicted molar refractivity (Wildman–Crippen MR) is 105 cm³/mol. The van der Waals surface area contributed by atoms with E-state index in [1.165, 1.54) is 0 Å². The number of nitrogens with zero attached hydrogens (tertiary/aromatic N) is 5. The van der Waals surface area contributed by atoms with Crippen LogP contribution < -0.4 is 5.32 Å². The fourth-order valence-corrected chi connectivity index (χ4v) is 3.07. The number of anilines is 1. The van der Waals surface area contributed by atoms with Crippen LogP contribution in [0.2, 0.25) is 0 Å². The Kier molecular flexibility index (Phi) is 4.55. The van der Waals surface area contributed by atoms with Gasteiger partial charge in [-0.15, -0.1) is 5.10 Å². The van der Waals surface area contributed by atoms with Crippen LogP contribution in [0.25, 0.3) is 11.4 Å². The summed E-state index contributed by atoms with van der Waals surface area (Å²) < 4.78 is 4.25. The van der Waals surface area contributed by atoms with Crippen molar-refractivity contribution in [3.8, 4) is 11.4 Å². The summed E-state index contributed by atoms with van der Waals surface area (Å²) >= 11 is 3.43. The number of halogens is 1. The number of carbonyl (C=O) groups excluding carboxylic acids is 1. The molecule has 2 aromatic heterocycles. The molecule has 2 aromatic carbocycles. The molecule has 0 fully saturated rings. The first-order chi connectivity index (χ1) is 13.1. The maximum atomic E-state index is 12.6. The van der Waals surface area contributed by atoms with Crippen LogP contribution in [0.1, 0.15) is 16.2 Å². The molecule has 0 aliphatic heterocycles. The Morgan fingerprint density at radius 2 is 1.81 bits per heavy atom. The van der Waals surface area contributed by atoms with Crippen molar-refractivity contribution in [3.63, 3.8) is 0 Å². The molecule has 0 aliphatic carbocycles. The van der Waals surface area contributed by atoms with E-state index >= 15 is 0 Å². The summed E-state index contributed by atoms with van der Waals surface area (Å²) in [6.45, 7) is 1.80. The van der Waals surface area contributed by atoms with Crippen LogP contribution in [0.4, 0.5) is 5.82 Å². The van der Waals surface area contributed by atoms with Crippen molar-refractivity contribution in [1.29, 1.82) is 0 Å². The van der Waals surface area contributed by atoms with Crippen LogP contribution in [0.5, 0.6) is 0 Å². The number of hydrogen-bond donors (Lipinski definition) is 1. The second-order valence-electron chi connectivity index (χ2n) is 5.85. The van der Waals surface area contributed by atoms with E-state index in [-0.39, 0.29) is 11.6 Å². The van der Waals surface area contributed by atoms with Crippen molar-refractivity contribution >= 4 is 27.7 Å². The summed E-state index contributed by atoms with van der Waals surface area (Å²) in [5, 5.41) is 15.3. The van der Waals surface area contributed by atoms with Gasteiger partial charge in [0, 0.05) is 16.7 Å². The zero-order valence-corrected chi connectivity index (χ0v) is 16.0. The van der Waals surface area contributed by atoms with Crippen LogP contribution >= 0.6 is 15.9 Å². The molecular weight excluding hydrogens is 408 g/mol. The normalized spacial score (nSPS) is 10.7. The summed E-state index contributed by atoms with van der Waals surface area (Å²) in [5.41, 5.74) is 2.63. The maximum Gasteiger partial charge on any atom is 0.279 e. The molecule has 7 nitrogen and oxygen atoms in total. The number of rotatable bonds is 4. The van der Waals surface area contributed by atoms with Crippen molar-refractivity contribution in [2.45, 2.75) is 6.92 Å². The van der Waals surface area contributed by atoms with Gasteiger partial charge in [0.1, 0.15) is 0 Å². The Morgan fingerprint density at radius 1 is 1.04 bits per heavy atom. The minimum absolute atomic E-state index is 0.254. The summed E-state index contributed by atoms with van der Waals surface area (Å²) in [4.78, 5) is 12.6. The summed E-state index contributed by atoms with van der Waals surface area (Å²) in [6.07, 6.45) is 1.79. The lowest BCUT2D eigenvalue weighted by Gasteiger charge is -2.04. The van der Waals surface area contributed by atoms with Gasteiger partial charge >= 0.3 is 0 Å². The van der Waals surface area contributed by atoms with Crippen LogP contribution in [-0.4, -0.2) is 30.7 Å². The van der Waals surface area contributed by atoms with Gasteiger partial charge in [-0.3, -0.25) is 4.79 Å². The van der Waals surface area contributed by atoms with Crippen LogP contribution in [0.3, 0.4) is 0 Å². The van der Waals surface area contributed by atoms with E-state index in [4.69, 9.17) is 0 Å². The maximum absolute atomic E-state index is 12.6. The van der Waals surface area contributed by atoms with E-state index in [0.29, 0.717) is 11.5 Å². The zero-order chi connectivity index (χ0) is 18.8. The average Bonchev–Trinajstić information content (AvgIpc) is 3.29. The van der Waals surface area contributed by atoms with Crippen LogP contribution in [0.15, 0.2) is 71.3 Å². The van der Waals surface area contributed by atoms with Crippen LogP contribution in [0, 0.1) is 6.92 Å². The number of nitrogens with one attached hydrogen (secondary N) is 1. The lowest BCUT2D eigenvalue weighted by molar-refractivity contribution is 0.102. The van der Waals surface area contributed by atoms with E-state index in [1.807, 2.05) is 54.6 Å².